The van der Waals surface area contributed by atoms with Gasteiger partial charge in [-0.15, -0.1) is 0 Å². The van der Waals surface area contributed by atoms with Crippen LogP contribution in [0.25, 0.3) is 0 Å². The zero-order chi connectivity index (χ0) is 19.1. The van der Waals surface area contributed by atoms with Gasteiger partial charge in [0.1, 0.15) is 6.61 Å². The summed E-state index contributed by atoms with van der Waals surface area (Å²) in [6, 6.07) is 22.0. The lowest BCUT2D eigenvalue weighted by atomic mass is 10.1. The molecule has 0 saturated carbocycles. The Morgan fingerprint density at radius 1 is 0.926 bits per heavy atom. The summed E-state index contributed by atoms with van der Waals surface area (Å²) in [5.41, 5.74) is 8.51. The molecule has 0 aromatic heterocycles. The SMILES string of the molecule is COc1ccc(/C=N\Nc2ccc(C)cc2C)cc1OCc1ccccc1. The molecule has 4 heteroatoms. The highest BCUT2D eigenvalue weighted by Crippen LogP contribution is 2.28. The third-order valence-corrected chi connectivity index (χ3v) is 4.21. The van der Waals surface area contributed by atoms with Crippen molar-refractivity contribution >= 4 is 11.9 Å². The van der Waals surface area contributed by atoms with Crippen molar-refractivity contribution in [2.24, 2.45) is 5.10 Å². The fourth-order valence-corrected chi connectivity index (χ4v) is 2.74. The van der Waals surface area contributed by atoms with E-state index in [0.717, 1.165) is 22.4 Å². The van der Waals surface area contributed by atoms with Gasteiger partial charge in [0.25, 0.3) is 0 Å². The van der Waals surface area contributed by atoms with E-state index in [1.165, 1.54) is 5.56 Å². The largest absolute Gasteiger partial charge is 0.493 e. The van der Waals surface area contributed by atoms with Gasteiger partial charge < -0.3 is 9.47 Å². The average Bonchev–Trinajstić information content (AvgIpc) is 2.69. The maximum absolute atomic E-state index is 5.94. The molecule has 0 atom stereocenters. The highest BCUT2D eigenvalue weighted by atomic mass is 16.5. The molecule has 0 heterocycles. The molecule has 27 heavy (non-hydrogen) atoms. The van der Waals surface area contributed by atoms with Gasteiger partial charge in [0, 0.05) is 0 Å². The van der Waals surface area contributed by atoms with Crippen LogP contribution in [0.4, 0.5) is 5.69 Å². The van der Waals surface area contributed by atoms with Gasteiger partial charge in [-0.3, -0.25) is 5.43 Å². The first-order valence-electron chi connectivity index (χ1n) is 8.87. The minimum atomic E-state index is 0.485. The van der Waals surface area contributed by atoms with Crippen molar-refractivity contribution in [3.8, 4) is 11.5 Å². The van der Waals surface area contributed by atoms with Gasteiger partial charge >= 0.3 is 0 Å². The molecule has 3 aromatic rings. The number of hydrogen-bond acceptors (Lipinski definition) is 4. The fraction of sp³-hybridized carbons (Fsp3) is 0.174. The van der Waals surface area contributed by atoms with Gasteiger partial charge in [-0.2, -0.15) is 5.10 Å². The van der Waals surface area contributed by atoms with E-state index in [4.69, 9.17) is 9.47 Å². The van der Waals surface area contributed by atoms with Crippen molar-refractivity contribution < 1.29 is 9.47 Å². The normalized spacial score (nSPS) is 10.8. The Labute approximate surface area is 160 Å². The lowest BCUT2D eigenvalue weighted by molar-refractivity contribution is 0.284. The lowest BCUT2D eigenvalue weighted by Gasteiger charge is -2.11. The van der Waals surface area contributed by atoms with E-state index in [9.17, 15) is 0 Å². The van der Waals surface area contributed by atoms with E-state index in [0.29, 0.717) is 18.1 Å². The van der Waals surface area contributed by atoms with Gasteiger partial charge in [-0.1, -0.05) is 48.0 Å². The number of nitrogens with one attached hydrogen (secondary N) is 1. The molecule has 0 amide bonds. The van der Waals surface area contributed by atoms with E-state index >= 15 is 0 Å². The Morgan fingerprint density at radius 3 is 2.48 bits per heavy atom. The number of hydrogen-bond donors (Lipinski definition) is 1. The van der Waals surface area contributed by atoms with Crippen LogP contribution in [0.1, 0.15) is 22.3 Å². The van der Waals surface area contributed by atoms with Crippen LogP contribution in [0.15, 0.2) is 71.8 Å². The molecule has 3 aromatic carbocycles. The van der Waals surface area contributed by atoms with Crippen LogP contribution in [-0.4, -0.2) is 13.3 Å². The lowest BCUT2D eigenvalue weighted by Crippen LogP contribution is -1.99. The van der Waals surface area contributed by atoms with Crippen molar-refractivity contribution in [2.75, 3.05) is 12.5 Å². The Bertz CT molecular complexity index is 921. The molecule has 0 aliphatic rings. The zero-order valence-electron chi connectivity index (χ0n) is 15.9. The molecule has 0 saturated heterocycles. The summed E-state index contributed by atoms with van der Waals surface area (Å²) in [6.07, 6.45) is 1.77. The summed E-state index contributed by atoms with van der Waals surface area (Å²) in [6.45, 7) is 4.63. The molecule has 0 aliphatic heterocycles. The number of ether oxygens (including phenoxy) is 2. The van der Waals surface area contributed by atoms with Crippen LogP contribution in [-0.2, 0) is 6.61 Å². The first kappa shape index (κ1) is 18.5. The summed E-state index contributed by atoms with van der Waals surface area (Å²) >= 11 is 0. The van der Waals surface area contributed by atoms with Crippen LogP contribution in [0.2, 0.25) is 0 Å². The van der Waals surface area contributed by atoms with Crippen molar-refractivity contribution in [3.63, 3.8) is 0 Å². The Hall–Kier alpha value is -3.27. The smallest absolute Gasteiger partial charge is 0.162 e. The first-order chi connectivity index (χ1) is 13.2. The predicted molar refractivity (Wildman–Crippen MR) is 111 cm³/mol. The van der Waals surface area contributed by atoms with E-state index in [-0.39, 0.29) is 0 Å². The minimum absolute atomic E-state index is 0.485. The van der Waals surface area contributed by atoms with Crippen LogP contribution >= 0.6 is 0 Å². The molecular formula is C23H24N2O2. The molecule has 0 unspecified atom stereocenters. The standard InChI is InChI=1S/C23H24N2O2/c1-17-9-11-21(18(2)13-17)25-24-15-20-10-12-22(26-3)23(14-20)27-16-19-7-5-4-6-8-19/h4-15,25H,16H2,1-3H3/b24-15-. The molecule has 138 valence electrons. The number of anilines is 1. The van der Waals surface area contributed by atoms with Gasteiger partial charge in [-0.05, 0) is 54.8 Å². The Morgan fingerprint density at radius 2 is 1.74 bits per heavy atom. The van der Waals surface area contributed by atoms with E-state index in [2.05, 4.69) is 36.5 Å². The Balaban J connectivity index is 1.70. The molecule has 0 fully saturated rings. The fourth-order valence-electron chi connectivity index (χ4n) is 2.74. The number of aryl methyl sites for hydroxylation is 2. The van der Waals surface area contributed by atoms with Crippen LogP contribution in [0.3, 0.4) is 0 Å². The van der Waals surface area contributed by atoms with E-state index in [1.54, 1.807) is 13.3 Å². The van der Waals surface area contributed by atoms with Crippen LogP contribution in [0.5, 0.6) is 11.5 Å². The number of rotatable bonds is 7. The Kier molecular flexibility index (Phi) is 6.10. The summed E-state index contributed by atoms with van der Waals surface area (Å²) in [7, 11) is 1.64. The van der Waals surface area contributed by atoms with Crippen molar-refractivity contribution in [2.45, 2.75) is 20.5 Å². The van der Waals surface area contributed by atoms with Crippen LogP contribution in [0, 0.1) is 13.8 Å². The third kappa shape index (κ3) is 5.11. The summed E-state index contributed by atoms with van der Waals surface area (Å²) < 4.78 is 11.3. The summed E-state index contributed by atoms with van der Waals surface area (Å²) in [5.74, 6) is 1.39. The highest BCUT2D eigenvalue weighted by molar-refractivity contribution is 5.81. The second kappa shape index (κ2) is 8.90. The zero-order valence-corrected chi connectivity index (χ0v) is 15.9. The van der Waals surface area contributed by atoms with Gasteiger partial charge in [0.05, 0.1) is 19.0 Å². The number of methoxy groups -OCH3 is 1. The maximum atomic E-state index is 5.94. The second-order valence-corrected chi connectivity index (χ2v) is 6.37. The topological polar surface area (TPSA) is 42.8 Å². The number of hydrazone groups is 1. The third-order valence-electron chi connectivity index (χ3n) is 4.21. The van der Waals surface area contributed by atoms with Gasteiger partial charge in [-0.25, -0.2) is 0 Å². The van der Waals surface area contributed by atoms with E-state index in [1.807, 2.05) is 54.6 Å². The van der Waals surface area contributed by atoms with Crippen molar-refractivity contribution in [3.05, 3.63) is 89.0 Å². The molecule has 0 bridgehead atoms. The van der Waals surface area contributed by atoms with E-state index < -0.39 is 0 Å². The first-order valence-corrected chi connectivity index (χ1v) is 8.87. The molecule has 0 radical (unpaired) electrons. The molecular weight excluding hydrogens is 336 g/mol. The molecule has 0 aliphatic carbocycles. The number of nitrogens with zero attached hydrogens (tertiary/aromatic N) is 1. The van der Waals surface area contributed by atoms with Crippen molar-refractivity contribution in [1.82, 2.24) is 0 Å². The summed E-state index contributed by atoms with van der Waals surface area (Å²) in [5, 5.41) is 4.35. The minimum Gasteiger partial charge on any atom is -0.493 e. The predicted octanol–water partition coefficient (Wildman–Crippen LogP) is 5.34. The summed E-state index contributed by atoms with van der Waals surface area (Å²) in [4.78, 5) is 0. The molecule has 4 nitrogen and oxygen atoms in total. The molecule has 1 N–H and O–H groups in total. The maximum Gasteiger partial charge on any atom is 0.162 e. The monoisotopic (exact) mass is 360 g/mol. The van der Waals surface area contributed by atoms with Gasteiger partial charge in [0.15, 0.2) is 11.5 Å². The molecule has 3 rings (SSSR count). The van der Waals surface area contributed by atoms with Crippen LogP contribution < -0.4 is 14.9 Å². The second-order valence-electron chi connectivity index (χ2n) is 6.37. The molecule has 0 spiro atoms. The van der Waals surface area contributed by atoms with Gasteiger partial charge in [0.2, 0.25) is 0 Å². The highest BCUT2D eigenvalue weighted by Gasteiger charge is 2.06. The quantitative estimate of drug-likeness (QED) is 0.457. The number of benzene rings is 3. The average molecular weight is 360 g/mol. The van der Waals surface area contributed by atoms with Crippen molar-refractivity contribution in [1.29, 1.82) is 0 Å².